The number of carbonyl (C=O) groups excluding carboxylic acids is 1. The lowest BCUT2D eigenvalue weighted by molar-refractivity contribution is -0.123. The Morgan fingerprint density at radius 3 is 2.80 bits per heavy atom. The van der Waals surface area contributed by atoms with E-state index in [1.54, 1.807) is 0 Å². The molecule has 1 aliphatic heterocycles. The Kier molecular flexibility index (Phi) is 5.26. The van der Waals surface area contributed by atoms with Gasteiger partial charge in [0.15, 0.2) is 0 Å². The molecule has 3 heteroatoms. The van der Waals surface area contributed by atoms with Gasteiger partial charge in [0, 0.05) is 25.0 Å². The minimum atomic E-state index is -0.0276. The highest BCUT2D eigenvalue weighted by Crippen LogP contribution is 2.18. The Balaban J connectivity index is 2.11. The molecule has 1 fully saturated rings. The van der Waals surface area contributed by atoms with Crippen LogP contribution in [0.2, 0.25) is 0 Å². The molecular formula is C12H23NO2. The summed E-state index contributed by atoms with van der Waals surface area (Å²) in [7, 11) is 0. The van der Waals surface area contributed by atoms with Crippen LogP contribution in [0.4, 0.5) is 0 Å². The third kappa shape index (κ3) is 4.31. The van der Waals surface area contributed by atoms with Crippen molar-refractivity contribution >= 4 is 5.78 Å². The maximum Gasteiger partial charge on any atom is 0.137 e. The summed E-state index contributed by atoms with van der Waals surface area (Å²) in [6.07, 6.45) is 5.37. The zero-order chi connectivity index (χ0) is 11.3. The van der Waals surface area contributed by atoms with Gasteiger partial charge in [-0.3, -0.25) is 4.79 Å². The second-order valence-corrected chi connectivity index (χ2v) is 4.64. The zero-order valence-corrected chi connectivity index (χ0v) is 9.87. The van der Waals surface area contributed by atoms with Crippen molar-refractivity contribution in [1.29, 1.82) is 0 Å². The van der Waals surface area contributed by atoms with Crippen LogP contribution in [0.25, 0.3) is 0 Å². The second-order valence-electron chi connectivity index (χ2n) is 4.64. The fourth-order valence-electron chi connectivity index (χ4n) is 1.90. The van der Waals surface area contributed by atoms with Gasteiger partial charge in [-0.2, -0.15) is 0 Å². The quantitative estimate of drug-likeness (QED) is 0.733. The molecule has 0 amide bonds. The smallest absolute Gasteiger partial charge is 0.137 e. The summed E-state index contributed by atoms with van der Waals surface area (Å²) in [4.78, 5) is 11.6. The highest BCUT2D eigenvalue weighted by molar-refractivity contribution is 5.81. The molecule has 0 aliphatic carbocycles. The maximum absolute atomic E-state index is 11.6. The van der Waals surface area contributed by atoms with Gasteiger partial charge in [-0.1, -0.05) is 6.92 Å². The number of hydrogen-bond acceptors (Lipinski definition) is 3. The third-order valence-corrected chi connectivity index (χ3v) is 3.27. The summed E-state index contributed by atoms with van der Waals surface area (Å²) in [5, 5.41) is 0. The van der Waals surface area contributed by atoms with E-state index in [-0.39, 0.29) is 12.0 Å². The Bertz CT molecular complexity index is 198. The average molecular weight is 213 g/mol. The van der Waals surface area contributed by atoms with E-state index in [0.717, 1.165) is 25.9 Å². The van der Waals surface area contributed by atoms with Crippen LogP contribution in [0.5, 0.6) is 0 Å². The molecule has 0 radical (unpaired) electrons. The van der Waals surface area contributed by atoms with Gasteiger partial charge >= 0.3 is 0 Å². The van der Waals surface area contributed by atoms with Crippen LogP contribution in [-0.4, -0.2) is 24.5 Å². The van der Waals surface area contributed by atoms with Crippen LogP contribution in [0.15, 0.2) is 0 Å². The van der Waals surface area contributed by atoms with Crippen molar-refractivity contribution in [3.8, 4) is 0 Å². The molecule has 2 N–H and O–H groups in total. The molecule has 1 rings (SSSR count). The molecule has 3 atom stereocenters. The van der Waals surface area contributed by atoms with Gasteiger partial charge in [0.25, 0.3) is 0 Å². The maximum atomic E-state index is 11.6. The van der Waals surface area contributed by atoms with Gasteiger partial charge in [-0.15, -0.1) is 0 Å². The van der Waals surface area contributed by atoms with E-state index in [9.17, 15) is 4.79 Å². The molecule has 0 spiro atoms. The monoisotopic (exact) mass is 213 g/mol. The molecule has 3 unspecified atom stereocenters. The number of hydrogen-bond donors (Lipinski definition) is 1. The zero-order valence-electron chi connectivity index (χ0n) is 9.87. The second kappa shape index (κ2) is 6.23. The molecule has 0 bridgehead atoms. The van der Waals surface area contributed by atoms with Gasteiger partial charge in [0.1, 0.15) is 5.78 Å². The fourth-order valence-corrected chi connectivity index (χ4v) is 1.90. The lowest BCUT2D eigenvalue weighted by Crippen LogP contribution is -2.30. The van der Waals surface area contributed by atoms with Gasteiger partial charge in [-0.05, 0) is 32.6 Å². The highest BCUT2D eigenvalue weighted by Gasteiger charge is 2.19. The first-order valence-electron chi connectivity index (χ1n) is 6.01. The van der Waals surface area contributed by atoms with E-state index in [4.69, 9.17) is 10.5 Å². The van der Waals surface area contributed by atoms with Gasteiger partial charge in [0.2, 0.25) is 0 Å². The molecule has 0 saturated carbocycles. The number of rotatable bonds is 6. The molecule has 1 saturated heterocycles. The molecule has 3 nitrogen and oxygen atoms in total. The lowest BCUT2D eigenvalue weighted by Gasteiger charge is -2.14. The van der Waals surface area contributed by atoms with E-state index >= 15 is 0 Å². The molecular weight excluding hydrogens is 190 g/mol. The molecule has 0 aromatic carbocycles. The summed E-state index contributed by atoms with van der Waals surface area (Å²) in [6.45, 7) is 4.70. The first kappa shape index (κ1) is 12.7. The average Bonchev–Trinajstić information content (AvgIpc) is 2.69. The molecule has 88 valence electrons. The third-order valence-electron chi connectivity index (χ3n) is 3.27. The first-order valence-corrected chi connectivity index (χ1v) is 6.01. The number of ether oxygens (including phenoxy) is 1. The standard InChI is InChI=1S/C12H23NO2/c1-9(10(2)13)12(14)7-3-5-11-6-4-8-15-11/h9-11H,3-8,13H2,1-2H3. The summed E-state index contributed by atoms with van der Waals surface area (Å²) >= 11 is 0. The fraction of sp³-hybridized carbons (Fsp3) is 0.917. The predicted molar refractivity (Wildman–Crippen MR) is 60.6 cm³/mol. The Morgan fingerprint density at radius 2 is 2.27 bits per heavy atom. The molecule has 1 heterocycles. The van der Waals surface area contributed by atoms with Crippen molar-refractivity contribution in [3.05, 3.63) is 0 Å². The minimum Gasteiger partial charge on any atom is -0.378 e. The lowest BCUT2D eigenvalue weighted by atomic mass is 9.95. The largest absolute Gasteiger partial charge is 0.378 e. The Hall–Kier alpha value is -0.410. The van der Waals surface area contributed by atoms with Crippen LogP contribution in [-0.2, 0) is 9.53 Å². The molecule has 1 aliphatic rings. The molecule has 15 heavy (non-hydrogen) atoms. The van der Waals surface area contributed by atoms with Crippen LogP contribution in [0.3, 0.4) is 0 Å². The van der Waals surface area contributed by atoms with Crippen molar-refractivity contribution in [1.82, 2.24) is 0 Å². The molecule has 0 aromatic rings. The van der Waals surface area contributed by atoms with E-state index < -0.39 is 0 Å². The van der Waals surface area contributed by atoms with Crippen LogP contribution in [0, 0.1) is 5.92 Å². The number of carbonyl (C=O) groups is 1. The van der Waals surface area contributed by atoms with Crippen LogP contribution < -0.4 is 5.73 Å². The number of Topliss-reactive ketones (excluding diaryl/α,β-unsaturated/α-hetero) is 1. The van der Waals surface area contributed by atoms with Crippen molar-refractivity contribution in [2.24, 2.45) is 11.7 Å². The van der Waals surface area contributed by atoms with Gasteiger partial charge in [0.05, 0.1) is 6.10 Å². The Morgan fingerprint density at radius 1 is 1.53 bits per heavy atom. The normalized spacial score (nSPS) is 25.1. The van der Waals surface area contributed by atoms with Crippen molar-refractivity contribution < 1.29 is 9.53 Å². The van der Waals surface area contributed by atoms with Crippen LogP contribution >= 0.6 is 0 Å². The van der Waals surface area contributed by atoms with Gasteiger partial charge < -0.3 is 10.5 Å². The van der Waals surface area contributed by atoms with Crippen molar-refractivity contribution in [3.63, 3.8) is 0 Å². The topological polar surface area (TPSA) is 52.3 Å². The van der Waals surface area contributed by atoms with E-state index in [1.807, 2.05) is 13.8 Å². The molecule has 0 aromatic heterocycles. The van der Waals surface area contributed by atoms with Crippen molar-refractivity contribution in [2.75, 3.05) is 6.61 Å². The Labute approximate surface area is 92.4 Å². The minimum absolute atomic E-state index is 0.00510. The van der Waals surface area contributed by atoms with E-state index in [1.165, 1.54) is 6.42 Å². The van der Waals surface area contributed by atoms with E-state index in [2.05, 4.69) is 0 Å². The summed E-state index contributed by atoms with van der Waals surface area (Å²) < 4.78 is 5.51. The number of nitrogens with two attached hydrogens (primary N) is 1. The SMILES string of the molecule is CC(N)C(C)C(=O)CCCC1CCCO1. The van der Waals surface area contributed by atoms with Crippen LogP contribution in [0.1, 0.15) is 46.0 Å². The summed E-state index contributed by atoms with van der Waals surface area (Å²) in [5.74, 6) is 0.289. The van der Waals surface area contributed by atoms with E-state index in [0.29, 0.717) is 18.3 Å². The van der Waals surface area contributed by atoms with Crippen molar-refractivity contribution in [2.45, 2.75) is 58.1 Å². The first-order chi connectivity index (χ1) is 7.11. The summed E-state index contributed by atoms with van der Waals surface area (Å²) in [6, 6.07) is -0.0276. The number of ketones is 1. The summed E-state index contributed by atoms with van der Waals surface area (Å²) in [5.41, 5.74) is 5.69. The van der Waals surface area contributed by atoms with Gasteiger partial charge in [-0.25, -0.2) is 0 Å². The highest BCUT2D eigenvalue weighted by atomic mass is 16.5. The predicted octanol–water partition coefficient (Wildman–Crippen LogP) is 1.89.